The quantitative estimate of drug-likeness (QED) is 0.469. The molecule has 1 aromatic rings. The van der Waals surface area contributed by atoms with E-state index in [1.807, 2.05) is 19.1 Å². The number of benzene rings is 1. The molecule has 1 unspecified atom stereocenters. The Morgan fingerprint density at radius 1 is 1.61 bits per heavy atom. The van der Waals surface area contributed by atoms with Crippen LogP contribution in [0.25, 0.3) is 10.4 Å². The number of carbonyl (C=O) groups is 1. The molecule has 0 spiro atoms. The van der Waals surface area contributed by atoms with Crippen LogP contribution in [0.1, 0.15) is 12.0 Å². The first-order valence-corrected chi connectivity index (χ1v) is 6.07. The summed E-state index contributed by atoms with van der Waals surface area (Å²) in [6.45, 7) is 2.87. The van der Waals surface area contributed by atoms with Gasteiger partial charge >= 0.3 is 0 Å². The highest BCUT2D eigenvalue weighted by Crippen LogP contribution is 2.28. The highest BCUT2D eigenvalue weighted by Gasteiger charge is 2.30. The van der Waals surface area contributed by atoms with Gasteiger partial charge in [-0.15, -0.1) is 0 Å². The molecule has 1 fully saturated rings. The number of carbonyl (C=O) groups excluding carboxylic acids is 1. The largest absolute Gasteiger partial charge is 0.312 e. The Hall–Kier alpha value is -1.71. The van der Waals surface area contributed by atoms with E-state index >= 15 is 0 Å². The second kappa shape index (κ2) is 5.29. The first-order chi connectivity index (χ1) is 8.61. The first-order valence-electron chi connectivity index (χ1n) is 5.69. The molecule has 0 aromatic heterocycles. The van der Waals surface area contributed by atoms with Crippen LogP contribution in [0.15, 0.2) is 23.3 Å². The Labute approximate surface area is 110 Å². The van der Waals surface area contributed by atoms with Gasteiger partial charge in [-0.2, -0.15) is 0 Å². The second-order valence-electron chi connectivity index (χ2n) is 4.42. The predicted molar refractivity (Wildman–Crippen MR) is 70.7 cm³/mol. The van der Waals surface area contributed by atoms with E-state index in [1.165, 1.54) is 0 Å². The summed E-state index contributed by atoms with van der Waals surface area (Å²) in [5.74, 6) is 0.166. The van der Waals surface area contributed by atoms with Crippen LogP contribution in [0.2, 0.25) is 5.02 Å². The zero-order valence-electron chi connectivity index (χ0n) is 10.0. The first kappa shape index (κ1) is 12.7. The minimum Gasteiger partial charge on any atom is -0.312 e. The average molecular weight is 265 g/mol. The van der Waals surface area contributed by atoms with E-state index in [0.29, 0.717) is 24.5 Å². The molecular weight excluding hydrogens is 252 g/mol. The summed E-state index contributed by atoms with van der Waals surface area (Å²) in [5.41, 5.74) is 10.1. The normalized spacial score (nSPS) is 18.9. The highest BCUT2D eigenvalue weighted by molar-refractivity contribution is 6.31. The van der Waals surface area contributed by atoms with E-state index in [4.69, 9.17) is 17.1 Å². The summed E-state index contributed by atoms with van der Waals surface area (Å²) in [7, 11) is 0. The Bertz CT molecular complexity index is 525. The monoisotopic (exact) mass is 264 g/mol. The lowest BCUT2D eigenvalue weighted by Gasteiger charge is -2.17. The van der Waals surface area contributed by atoms with Crippen LogP contribution in [-0.2, 0) is 4.79 Å². The van der Waals surface area contributed by atoms with Crippen LogP contribution < -0.4 is 4.90 Å². The van der Waals surface area contributed by atoms with Crippen LogP contribution in [0, 0.1) is 12.8 Å². The van der Waals surface area contributed by atoms with Gasteiger partial charge in [-0.25, -0.2) is 0 Å². The van der Waals surface area contributed by atoms with Gasteiger partial charge in [0.05, 0.1) is 0 Å². The standard InChI is InChI=1S/C12H13ClN4O/c1-8-4-10(2-3-11(8)13)17-7-9(5-12(17)18)6-15-16-14/h2-4,9H,5-7H2,1H3. The molecule has 5 nitrogen and oxygen atoms in total. The van der Waals surface area contributed by atoms with Gasteiger partial charge in [0.1, 0.15) is 0 Å². The van der Waals surface area contributed by atoms with E-state index in [1.54, 1.807) is 11.0 Å². The molecule has 0 N–H and O–H groups in total. The zero-order valence-corrected chi connectivity index (χ0v) is 10.8. The fraction of sp³-hybridized carbons (Fsp3) is 0.417. The second-order valence-corrected chi connectivity index (χ2v) is 4.83. The summed E-state index contributed by atoms with van der Waals surface area (Å²) in [6, 6.07) is 5.53. The van der Waals surface area contributed by atoms with Crippen LogP contribution in [0.5, 0.6) is 0 Å². The van der Waals surface area contributed by atoms with Crippen LogP contribution in [0.3, 0.4) is 0 Å². The molecule has 94 valence electrons. The fourth-order valence-electron chi connectivity index (χ4n) is 2.10. The molecule has 18 heavy (non-hydrogen) atoms. The third-order valence-corrected chi connectivity index (χ3v) is 3.49. The fourth-order valence-corrected chi connectivity index (χ4v) is 2.22. The van der Waals surface area contributed by atoms with Crippen molar-refractivity contribution < 1.29 is 4.79 Å². The smallest absolute Gasteiger partial charge is 0.227 e. The Morgan fingerprint density at radius 3 is 3.06 bits per heavy atom. The Morgan fingerprint density at radius 2 is 2.39 bits per heavy atom. The number of hydrogen-bond donors (Lipinski definition) is 0. The SMILES string of the molecule is Cc1cc(N2CC(CN=[N+]=[N-])CC2=O)ccc1Cl. The van der Waals surface area contributed by atoms with Crippen LogP contribution in [0.4, 0.5) is 5.69 Å². The Kier molecular flexibility index (Phi) is 3.75. The number of azide groups is 1. The number of nitrogens with zero attached hydrogens (tertiary/aromatic N) is 4. The summed E-state index contributed by atoms with van der Waals surface area (Å²) < 4.78 is 0. The lowest BCUT2D eigenvalue weighted by atomic mass is 10.1. The topological polar surface area (TPSA) is 69.1 Å². The lowest BCUT2D eigenvalue weighted by Crippen LogP contribution is -2.24. The molecule has 1 aliphatic rings. The van der Waals surface area contributed by atoms with Crippen molar-refractivity contribution >= 4 is 23.2 Å². The number of rotatable bonds is 3. The maximum atomic E-state index is 11.9. The maximum absolute atomic E-state index is 11.9. The van der Waals surface area contributed by atoms with Crippen molar-refractivity contribution in [3.05, 3.63) is 39.2 Å². The van der Waals surface area contributed by atoms with Crippen LogP contribution >= 0.6 is 11.6 Å². The van der Waals surface area contributed by atoms with Crippen molar-refractivity contribution in [1.29, 1.82) is 0 Å². The van der Waals surface area contributed by atoms with Gasteiger partial charge in [0.15, 0.2) is 0 Å². The average Bonchev–Trinajstić information content (AvgIpc) is 2.71. The van der Waals surface area contributed by atoms with E-state index in [-0.39, 0.29) is 11.8 Å². The summed E-state index contributed by atoms with van der Waals surface area (Å²) in [4.78, 5) is 16.4. The van der Waals surface area contributed by atoms with Gasteiger partial charge in [0, 0.05) is 35.1 Å². The summed E-state index contributed by atoms with van der Waals surface area (Å²) in [6.07, 6.45) is 0.431. The van der Waals surface area contributed by atoms with Crippen molar-refractivity contribution in [2.75, 3.05) is 18.0 Å². The number of halogens is 1. The minimum absolute atomic E-state index is 0.0647. The summed E-state index contributed by atoms with van der Waals surface area (Å²) in [5, 5.41) is 4.22. The molecule has 1 aliphatic heterocycles. The van der Waals surface area contributed by atoms with E-state index in [2.05, 4.69) is 10.0 Å². The molecule has 1 amide bonds. The maximum Gasteiger partial charge on any atom is 0.227 e. The van der Waals surface area contributed by atoms with E-state index in [9.17, 15) is 4.79 Å². The molecule has 2 rings (SSSR count). The molecule has 1 atom stereocenters. The molecular formula is C12H13ClN4O. The van der Waals surface area contributed by atoms with Crippen molar-refractivity contribution in [1.82, 2.24) is 0 Å². The van der Waals surface area contributed by atoms with Crippen molar-refractivity contribution in [2.45, 2.75) is 13.3 Å². The predicted octanol–water partition coefficient (Wildman–Crippen LogP) is 3.31. The summed E-state index contributed by atoms with van der Waals surface area (Å²) >= 11 is 5.96. The number of anilines is 1. The van der Waals surface area contributed by atoms with Gasteiger partial charge in [-0.1, -0.05) is 16.7 Å². The van der Waals surface area contributed by atoms with Gasteiger partial charge in [0.25, 0.3) is 0 Å². The van der Waals surface area contributed by atoms with Crippen LogP contribution in [-0.4, -0.2) is 19.0 Å². The third kappa shape index (κ3) is 2.58. The van der Waals surface area contributed by atoms with Gasteiger partial charge in [0.2, 0.25) is 5.91 Å². The third-order valence-electron chi connectivity index (χ3n) is 3.06. The molecule has 0 radical (unpaired) electrons. The zero-order chi connectivity index (χ0) is 13.1. The number of aryl methyl sites for hydroxylation is 1. The molecule has 1 aromatic carbocycles. The molecule has 1 heterocycles. The van der Waals surface area contributed by atoms with E-state index in [0.717, 1.165) is 11.3 Å². The molecule has 1 saturated heterocycles. The number of hydrogen-bond acceptors (Lipinski definition) is 2. The van der Waals surface area contributed by atoms with Gasteiger partial charge in [-0.3, -0.25) is 4.79 Å². The van der Waals surface area contributed by atoms with Crippen molar-refractivity contribution in [2.24, 2.45) is 11.0 Å². The molecule has 0 bridgehead atoms. The molecule has 0 saturated carbocycles. The van der Waals surface area contributed by atoms with Crippen molar-refractivity contribution in [3.8, 4) is 0 Å². The number of amides is 1. The Balaban J connectivity index is 2.16. The van der Waals surface area contributed by atoms with Gasteiger partial charge < -0.3 is 4.90 Å². The minimum atomic E-state index is 0.0647. The lowest BCUT2D eigenvalue weighted by molar-refractivity contribution is -0.117. The highest BCUT2D eigenvalue weighted by atomic mass is 35.5. The molecule has 0 aliphatic carbocycles. The van der Waals surface area contributed by atoms with Crippen molar-refractivity contribution in [3.63, 3.8) is 0 Å². The molecule has 6 heteroatoms. The van der Waals surface area contributed by atoms with E-state index < -0.39 is 0 Å². The van der Waals surface area contributed by atoms with Gasteiger partial charge in [-0.05, 0) is 42.1 Å².